The number of likely N-dealkylation sites (tertiary alicyclic amines) is 1. The predicted molar refractivity (Wildman–Crippen MR) is 83.1 cm³/mol. The molecule has 4 heteroatoms. The zero-order valence-electron chi connectivity index (χ0n) is 11.9. The molecule has 3 nitrogen and oxygen atoms in total. The second-order valence-electron chi connectivity index (χ2n) is 6.00. The molecule has 2 fully saturated rings. The van der Waals surface area contributed by atoms with Crippen molar-refractivity contribution < 1.29 is 9.84 Å². The van der Waals surface area contributed by atoms with Crippen LogP contribution < -0.4 is 4.74 Å². The molecule has 1 saturated carbocycles. The number of phenolic OH excluding ortho intramolecular Hbond substituents is 1. The summed E-state index contributed by atoms with van der Waals surface area (Å²) in [6.45, 7) is 5.91. The zero-order chi connectivity index (χ0) is 14.1. The fourth-order valence-corrected chi connectivity index (χ4v) is 4.19. The van der Waals surface area contributed by atoms with Crippen LogP contribution in [0.25, 0.3) is 0 Å². The van der Waals surface area contributed by atoms with Crippen LogP contribution in [0, 0.1) is 11.8 Å². The van der Waals surface area contributed by atoms with E-state index in [-0.39, 0.29) is 5.75 Å². The molecule has 2 aliphatic rings. The Bertz CT molecular complexity index is 480. The number of hydrogen-bond donors (Lipinski definition) is 1. The molecule has 0 aromatic heterocycles. The van der Waals surface area contributed by atoms with Crippen molar-refractivity contribution in [3.63, 3.8) is 0 Å². The Balaban J connectivity index is 1.71. The molecule has 2 unspecified atom stereocenters. The summed E-state index contributed by atoms with van der Waals surface area (Å²) in [6.07, 6.45) is 4.23. The monoisotopic (exact) mass is 339 g/mol. The maximum Gasteiger partial charge on any atom is 0.172 e. The lowest BCUT2D eigenvalue weighted by Crippen LogP contribution is -2.21. The minimum atomic E-state index is 0.203. The van der Waals surface area contributed by atoms with Gasteiger partial charge >= 0.3 is 0 Å². The van der Waals surface area contributed by atoms with Crippen LogP contribution in [-0.4, -0.2) is 29.7 Å². The largest absolute Gasteiger partial charge is 0.503 e. The fraction of sp³-hybridized carbons (Fsp3) is 0.625. The van der Waals surface area contributed by atoms with E-state index < -0.39 is 0 Å². The molecule has 1 saturated heterocycles. The fourth-order valence-electron chi connectivity index (χ4n) is 3.70. The van der Waals surface area contributed by atoms with Gasteiger partial charge in [0.2, 0.25) is 0 Å². The number of fused-ring (bicyclic) bond motifs is 1. The van der Waals surface area contributed by atoms with E-state index in [0.29, 0.717) is 12.4 Å². The van der Waals surface area contributed by atoms with Crippen molar-refractivity contribution in [2.45, 2.75) is 32.7 Å². The predicted octanol–water partition coefficient (Wildman–Crippen LogP) is 3.79. The van der Waals surface area contributed by atoms with E-state index in [9.17, 15) is 5.11 Å². The Hall–Kier alpha value is -0.740. The normalized spacial score (nSPS) is 25.9. The number of ether oxygens (including phenoxy) is 1. The molecule has 1 aliphatic carbocycles. The first kappa shape index (κ1) is 14.2. The molecular formula is C16H22BrNO2. The van der Waals surface area contributed by atoms with Gasteiger partial charge in [0, 0.05) is 19.6 Å². The molecule has 0 radical (unpaired) electrons. The number of hydrogen-bond acceptors (Lipinski definition) is 3. The van der Waals surface area contributed by atoms with E-state index in [1.54, 1.807) is 0 Å². The lowest BCUT2D eigenvalue weighted by molar-refractivity contribution is 0.298. The SMILES string of the molecule is CCOc1cc(CN2CC3CCCC3C2)cc(Br)c1O. The molecule has 1 aromatic rings. The minimum absolute atomic E-state index is 0.203. The van der Waals surface area contributed by atoms with Crippen molar-refractivity contribution in [3.05, 3.63) is 22.2 Å². The molecule has 20 heavy (non-hydrogen) atoms. The van der Waals surface area contributed by atoms with E-state index in [1.807, 2.05) is 19.1 Å². The lowest BCUT2D eigenvalue weighted by Gasteiger charge is -2.18. The van der Waals surface area contributed by atoms with Crippen LogP contribution in [0.4, 0.5) is 0 Å². The van der Waals surface area contributed by atoms with Gasteiger partial charge in [-0.2, -0.15) is 0 Å². The van der Waals surface area contributed by atoms with Crippen molar-refractivity contribution in [1.29, 1.82) is 0 Å². The molecule has 0 bridgehead atoms. The van der Waals surface area contributed by atoms with Crippen molar-refractivity contribution in [3.8, 4) is 11.5 Å². The Morgan fingerprint density at radius 2 is 2.00 bits per heavy atom. The summed E-state index contributed by atoms with van der Waals surface area (Å²) >= 11 is 3.42. The van der Waals surface area contributed by atoms with Crippen LogP contribution in [0.15, 0.2) is 16.6 Å². The topological polar surface area (TPSA) is 32.7 Å². The average Bonchev–Trinajstić information content (AvgIpc) is 2.96. The van der Waals surface area contributed by atoms with Crippen LogP contribution >= 0.6 is 15.9 Å². The number of aromatic hydroxyl groups is 1. The Morgan fingerprint density at radius 1 is 1.30 bits per heavy atom. The third kappa shape index (κ3) is 2.82. The summed E-state index contributed by atoms with van der Waals surface area (Å²) in [7, 11) is 0. The summed E-state index contributed by atoms with van der Waals surface area (Å²) in [6, 6.07) is 3.98. The maximum absolute atomic E-state index is 9.96. The molecule has 0 spiro atoms. The van der Waals surface area contributed by atoms with Gasteiger partial charge < -0.3 is 9.84 Å². The van der Waals surface area contributed by atoms with Gasteiger partial charge in [-0.15, -0.1) is 0 Å². The quantitative estimate of drug-likeness (QED) is 0.905. The van der Waals surface area contributed by atoms with Crippen LogP contribution in [-0.2, 0) is 6.54 Å². The molecule has 110 valence electrons. The Labute approximate surface area is 129 Å². The van der Waals surface area contributed by atoms with E-state index in [4.69, 9.17) is 4.74 Å². The second-order valence-corrected chi connectivity index (χ2v) is 6.86. The van der Waals surface area contributed by atoms with Gasteiger partial charge in [-0.1, -0.05) is 6.42 Å². The third-order valence-electron chi connectivity index (χ3n) is 4.60. The summed E-state index contributed by atoms with van der Waals surface area (Å²) in [5.74, 6) is 2.62. The summed E-state index contributed by atoms with van der Waals surface area (Å²) in [4.78, 5) is 2.54. The molecule has 1 N–H and O–H groups in total. The molecule has 2 atom stereocenters. The van der Waals surface area contributed by atoms with Crippen molar-refractivity contribution >= 4 is 15.9 Å². The highest BCUT2D eigenvalue weighted by Gasteiger charge is 2.35. The standard InChI is InChI=1S/C16H22BrNO2/c1-2-20-15-7-11(6-14(17)16(15)19)8-18-9-12-4-3-5-13(12)10-18/h6-7,12-13,19H,2-5,8-10H2,1H3. The molecular weight excluding hydrogens is 318 g/mol. The number of halogens is 1. The van der Waals surface area contributed by atoms with Crippen molar-refractivity contribution in [2.24, 2.45) is 11.8 Å². The first-order valence-electron chi connectivity index (χ1n) is 7.54. The Morgan fingerprint density at radius 3 is 2.65 bits per heavy atom. The highest BCUT2D eigenvalue weighted by molar-refractivity contribution is 9.10. The average molecular weight is 340 g/mol. The van der Waals surface area contributed by atoms with E-state index in [2.05, 4.69) is 20.8 Å². The number of benzene rings is 1. The molecule has 0 amide bonds. The highest BCUT2D eigenvalue weighted by atomic mass is 79.9. The van der Waals surface area contributed by atoms with Crippen LogP contribution in [0.5, 0.6) is 11.5 Å². The number of nitrogens with zero attached hydrogens (tertiary/aromatic N) is 1. The van der Waals surface area contributed by atoms with Gasteiger partial charge in [-0.05, 0) is 65.2 Å². The van der Waals surface area contributed by atoms with E-state index >= 15 is 0 Å². The molecule has 1 heterocycles. The summed E-state index contributed by atoms with van der Waals surface area (Å²) < 4.78 is 6.22. The van der Waals surface area contributed by atoms with E-state index in [1.165, 1.54) is 37.9 Å². The first-order valence-corrected chi connectivity index (χ1v) is 8.33. The smallest absolute Gasteiger partial charge is 0.172 e. The molecule has 3 rings (SSSR count). The zero-order valence-corrected chi connectivity index (χ0v) is 13.5. The Kier molecular flexibility index (Phi) is 4.22. The highest BCUT2D eigenvalue weighted by Crippen LogP contribution is 2.39. The van der Waals surface area contributed by atoms with Crippen LogP contribution in [0.2, 0.25) is 0 Å². The van der Waals surface area contributed by atoms with Gasteiger partial charge in [0.15, 0.2) is 11.5 Å². The summed E-state index contributed by atoms with van der Waals surface area (Å²) in [5.41, 5.74) is 1.21. The molecule has 1 aromatic carbocycles. The van der Waals surface area contributed by atoms with Crippen LogP contribution in [0.3, 0.4) is 0 Å². The first-order chi connectivity index (χ1) is 9.67. The van der Waals surface area contributed by atoms with Gasteiger partial charge in [-0.3, -0.25) is 4.90 Å². The van der Waals surface area contributed by atoms with E-state index in [0.717, 1.165) is 22.9 Å². The van der Waals surface area contributed by atoms with Gasteiger partial charge in [0.25, 0.3) is 0 Å². The van der Waals surface area contributed by atoms with Gasteiger partial charge in [-0.25, -0.2) is 0 Å². The molecule has 1 aliphatic heterocycles. The minimum Gasteiger partial charge on any atom is -0.503 e. The van der Waals surface area contributed by atoms with Gasteiger partial charge in [0.1, 0.15) is 0 Å². The number of phenols is 1. The van der Waals surface area contributed by atoms with Gasteiger partial charge in [0.05, 0.1) is 11.1 Å². The van der Waals surface area contributed by atoms with Crippen molar-refractivity contribution in [1.82, 2.24) is 4.90 Å². The van der Waals surface area contributed by atoms with Crippen molar-refractivity contribution in [2.75, 3.05) is 19.7 Å². The number of rotatable bonds is 4. The third-order valence-corrected chi connectivity index (χ3v) is 5.20. The lowest BCUT2D eigenvalue weighted by atomic mass is 10.0. The second kappa shape index (κ2) is 5.94. The summed E-state index contributed by atoms with van der Waals surface area (Å²) in [5, 5.41) is 9.96. The van der Waals surface area contributed by atoms with Crippen LogP contribution in [0.1, 0.15) is 31.7 Å². The maximum atomic E-state index is 9.96.